The van der Waals surface area contributed by atoms with Gasteiger partial charge in [-0.05, 0) is 46.2 Å². The van der Waals surface area contributed by atoms with Crippen molar-refractivity contribution in [2.45, 2.75) is 40.2 Å². The quantitative estimate of drug-likeness (QED) is 0.693. The molecule has 3 heteroatoms. The molecule has 2 heterocycles. The predicted octanol–water partition coefficient (Wildman–Crippen LogP) is 3.28. The molecule has 2 aromatic heterocycles. The lowest BCUT2D eigenvalue weighted by Crippen LogP contribution is -2.21. The van der Waals surface area contributed by atoms with Crippen molar-refractivity contribution in [3.63, 3.8) is 0 Å². The largest absolute Gasteiger partial charge is 0.326 e. The van der Waals surface area contributed by atoms with Gasteiger partial charge < -0.3 is 4.57 Å². The van der Waals surface area contributed by atoms with Gasteiger partial charge in [-0.2, -0.15) is 5.26 Å². The van der Waals surface area contributed by atoms with Crippen molar-refractivity contribution in [3.8, 4) is 6.07 Å². The average Bonchev–Trinajstić information content (AvgIpc) is 2.55. The zero-order valence-electron chi connectivity index (χ0n) is 11.0. The Morgan fingerprint density at radius 1 is 1.29 bits per heavy atom. The Labute approximate surface area is 102 Å². The van der Waals surface area contributed by atoms with Crippen LogP contribution in [0.25, 0.3) is 11.0 Å². The predicted molar refractivity (Wildman–Crippen MR) is 68.9 cm³/mol. The van der Waals surface area contributed by atoms with Gasteiger partial charge in [0, 0.05) is 22.8 Å². The van der Waals surface area contributed by atoms with Crippen LogP contribution in [-0.4, -0.2) is 9.55 Å². The van der Waals surface area contributed by atoms with Crippen LogP contribution >= 0.6 is 0 Å². The molecule has 0 aliphatic carbocycles. The molecule has 88 valence electrons. The molecule has 0 unspecified atom stereocenters. The Kier molecular flexibility index (Phi) is 2.46. The smallest absolute Gasteiger partial charge is 0.142 e. The van der Waals surface area contributed by atoms with Gasteiger partial charge in [-0.3, -0.25) is 0 Å². The van der Waals surface area contributed by atoms with Crippen LogP contribution in [0.15, 0.2) is 12.3 Å². The first-order valence-electron chi connectivity index (χ1n) is 5.74. The summed E-state index contributed by atoms with van der Waals surface area (Å²) in [5, 5.41) is 10.2. The monoisotopic (exact) mass is 227 g/mol. The molecule has 2 aromatic rings. The van der Waals surface area contributed by atoms with Gasteiger partial charge in [0.25, 0.3) is 0 Å². The van der Waals surface area contributed by atoms with Gasteiger partial charge in [-0.25, -0.2) is 4.98 Å². The van der Waals surface area contributed by atoms with Crippen LogP contribution in [0, 0.1) is 25.2 Å². The maximum Gasteiger partial charge on any atom is 0.142 e. The lowest BCUT2D eigenvalue weighted by molar-refractivity contribution is 0.408. The van der Waals surface area contributed by atoms with Gasteiger partial charge in [-0.1, -0.05) is 0 Å². The summed E-state index contributed by atoms with van der Waals surface area (Å²) < 4.78 is 2.08. The average molecular weight is 227 g/mol. The van der Waals surface area contributed by atoms with Crippen LogP contribution in [0.1, 0.15) is 37.6 Å². The molecular formula is C14H17N3. The molecule has 0 atom stereocenters. The Bertz CT molecular complexity index is 621. The molecule has 3 nitrogen and oxygen atoms in total. The van der Waals surface area contributed by atoms with E-state index in [2.05, 4.69) is 36.4 Å². The highest BCUT2D eigenvalue weighted by molar-refractivity contribution is 5.87. The third-order valence-corrected chi connectivity index (χ3v) is 2.92. The van der Waals surface area contributed by atoms with E-state index in [1.165, 1.54) is 0 Å². The van der Waals surface area contributed by atoms with Crippen LogP contribution in [0.3, 0.4) is 0 Å². The lowest BCUT2D eigenvalue weighted by Gasteiger charge is -2.22. The Morgan fingerprint density at radius 2 is 1.94 bits per heavy atom. The summed E-state index contributed by atoms with van der Waals surface area (Å²) in [6.45, 7) is 10.4. The fourth-order valence-corrected chi connectivity index (χ4v) is 2.18. The van der Waals surface area contributed by atoms with Crippen molar-refractivity contribution in [2.24, 2.45) is 0 Å². The lowest BCUT2D eigenvalue weighted by atomic mass is 10.1. The third kappa shape index (κ3) is 1.80. The van der Waals surface area contributed by atoms with Crippen molar-refractivity contribution < 1.29 is 0 Å². The molecule has 17 heavy (non-hydrogen) atoms. The number of hydrogen-bond acceptors (Lipinski definition) is 2. The van der Waals surface area contributed by atoms with E-state index in [0.29, 0.717) is 5.56 Å². The molecule has 2 rings (SSSR count). The SMILES string of the molecule is Cc1cc(C)c2c(C#N)cn(C(C)(C)C)c2n1. The molecule has 0 saturated heterocycles. The second kappa shape index (κ2) is 3.59. The fourth-order valence-electron chi connectivity index (χ4n) is 2.18. The van der Waals surface area contributed by atoms with Gasteiger partial charge in [0.2, 0.25) is 0 Å². The zero-order chi connectivity index (χ0) is 12.8. The molecule has 0 N–H and O–H groups in total. The van der Waals surface area contributed by atoms with Gasteiger partial charge in [-0.15, -0.1) is 0 Å². The molecule has 0 aliphatic rings. The van der Waals surface area contributed by atoms with Crippen LogP contribution in [0.5, 0.6) is 0 Å². The number of rotatable bonds is 0. The third-order valence-electron chi connectivity index (χ3n) is 2.92. The van der Waals surface area contributed by atoms with E-state index in [0.717, 1.165) is 22.3 Å². The zero-order valence-corrected chi connectivity index (χ0v) is 11.0. The van der Waals surface area contributed by atoms with E-state index in [1.807, 2.05) is 26.1 Å². The summed E-state index contributed by atoms with van der Waals surface area (Å²) in [7, 11) is 0. The van der Waals surface area contributed by atoms with E-state index >= 15 is 0 Å². The van der Waals surface area contributed by atoms with Crippen LogP contribution in [-0.2, 0) is 5.54 Å². The summed E-state index contributed by atoms with van der Waals surface area (Å²) in [6.07, 6.45) is 1.91. The summed E-state index contributed by atoms with van der Waals surface area (Å²) in [6, 6.07) is 4.29. The van der Waals surface area contributed by atoms with Crippen LogP contribution in [0.2, 0.25) is 0 Å². The van der Waals surface area contributed by atoms with Gasteiger partial charge in [0.05, 0.1) is 5.56 Å². The van der Waals surface area contributed by atoms with Crippen molar-refractivity contribution in [3.05, 3.63) is 29.1 Å². The van der Waals surface area contributed by atoms with Crippen LogP contribution < -0.4 is 0 Å². The number of aryl methyl sites for hydroxylation is 2. The van der Waals surface area contributed by atoms with Crippen molar-refractivity contribution in [1.29, 1.82) is 5.26 Å². The summed E-state index contributed by atoms with van der Waals surface area (Å²) in [5.41, 5.74) is 3.65. The van der Waals surface area contributed by atoms with Crippen molar-refractivity contribution in [2.75, 3.05) is 0 Å². The molecule has 0 aliphatic heterocycles. The first-order valence-corrected chi connectivity index (χ1v) is 5.74. The van der Waals surface area contributed by atoms with Crippen molar-refractivity contribution in [1.82, 2.24) is 9.55 Å². The first kappa shape index (κ1) is 11.7. The number of pyridine rings is 1. The molecule has 0 spiro atoms. The Balaban J connectivity index is 2.94. The van der Waals surface area contributed by atoms with Crippen LogP contribution in [0.4, 0.5) is 0 Å². The van der Waals surface area contributed by atoms with Gasteiger partial charge in [0.1, 0.15) is 11.7 Å². The maximum absolute atomic E-state index is 9.22. The minimum atomic E-state index is -0.0689. The number of nitriles is 1. The minimum Gasteiger partial charge on any atom is -0.326 e. The van der Waals surface area contributed by atoms with E-state index in [-0.39, 0.29) is 5.54 Å². The normalized spacial score (nSPS) is 11.8. The second-order valence-electron chi connectivity index (χ2n) is 5.47. The molecule has 0 amide bonds. The molecule has 0 radical (unpaired) electrons. The molecule has 0 bridgehead atoms. The van der Waals surface area contributed by atoms with E-state index in [1.54, 1.807) is 0 Å². The second-order valence-corrected chi connectivity index (χ2v) is 5.47. The highest BCUT2D eigenvalue weighted by Crippen LogP contribution is 2.28. The van der Waals surface area contributed by atoms with Gasteiger partial charge in [0.15, 0.2) is 0 Å². The van der Waals surface area contributed by atoms with E-state index in [9.17, 15) is 5.26 Å². The first-order chi connectivity index (χ1) is 7.84. The Hall–Kier alpha value is -1.82. The summed E-state index contributed by atoms with van der Waals surface area (Å²) in [5.74, 6) is 0. The molecular weight excluding hydrogens is 210 g/mol. The van der Waals surface area contributed by atoms with E-state index < -0.39 is 0 Å². The van der Waals surface area contributed by atoms with E-state index in [4.69, 9.17) is 0 Å². The topological polar surface area (TPSA) is 41.6 Å². The highest BCUT2D eigenvalue weighted by Gasteiger charge is 2.20. The Morgan fingerprint density at radius 3 is 2.47 bits per heavy atom. The van der Waals surface area contributed by atoms with Crippen molar-refractivity contribution >= 4 is 11.0 Å². The summed E-state index contributed by atoms with van der Waals surface area (Å²) in [4.78, 5) is 4.58. The number of hydrogen-bond donors (Lipinski definition) is 0. The summed E-state index contributed by atoms with van der Waals surface area (Å²) >= 11 is 0. The maximum atomic E-state index is 9.22. The number of fused-ring (bicyclic) bond motifs is 1. The molecule has 0 fully saturated rings. The molecule has 0 saturated carbocycles. The number of nitrogens with zero attached hydrogens (tertiary/aromatic N) is 3. The standard InChI is InChI=1S/C14H17N3/c1-9-6-10(2)16-13-12(9)11(7-15)8-17(13)14(3,4)5/h6,8H,1-5H3. The molecule has 0 aromatic carbocycles. The minimum absolute atomic E-state index is 0.0689. The highest BCUT2D eigenvalue weighted by atomic mass is 15.1. The number of aromatic nitrogens is 2. The fraction of sp³-hybridized carbons (Fsp3) is 0.429. The van der Waals surface area contributed by atoms with Gasteiger partial charge >= 0.3 is 0 Å².